The van der Waals surface area contributed by atoms with E-state index in [2.05, 4.69) is 15.6 Å². The summed E-state index contributed by atoms with van der Waals surface area (Å²) in [6, 6.07) is 18.2. The average molecular weight is 371 g/mol. The highest BCUT2D eigenvalue weighted by Gasteiger charge is 2.15. The van der Waals surface area contributed by atoms with Gasteiger partial charge in [-0.2, -0.15) is 0 Å². The van der Waals surface area contributed by atoms with Crippen LogP contribution in [0.15, 0.2) is 78.8 Å². The summed E-state index contributed by atoms with van der Waals surface area (Å²) in [6.45, 7) is 3.86. The van der Waals surface area contributed by atoms with Gasteiger partial charge in [0.2, 0.25) is 0 Å². The zero-order valence-electron chi connectivity index (χ0n) is 15.8. The summed E-state index contributed by atoms with van der Waals surface area (Å²) in [6.07, 6.45) is 4.88. The van der Waals surface area contributed by atoms with Gasteiger partial charge in [-0.1, -0.05) is 42.0 Å². The summed E-state index contributed by atoms with van der Waals surface area (Å²) in [5.74, 6) is -0.756. The van der Waals surface area contributed by atoms with E-state index in [-0.39, 0.29) is 11.6 Å². The Labute approximate surface area is 164 Å². The van der Waals surface area contributed by atoms with Crippen LogP contribution in [0.2, 0.25) is 0 Å². The maximum atomic E-state index is 12.9. The second-order valence-electron chi connectivity index (χ2n) is 6.43. The van der Waals surface area contributed by atoms with Gasteiger partial charge in [0.1, 0.15) is 5.70 Å². The predicted octanol–water partition coefficient (Wildman–Crippen LogP) is 4.11. The molecule has 0 radical (unpaired) electrons. The molecule has 1 aromatic heterocycles. The maximum absolute atomic E-state index is 12.9. The molecule has 28 heavy (non-hydrogen) atoms. The van der Waals surface area contributed by atoms with Crippen molar-refractivity contribution >= 4 is 23.6 Å². The number of anilines is 1. The van der Waals surface area contributed by atoms with E-state index in [4.69, 9.17) is 0 Å². The lowest BCUT2D eigenvalue weighted by Gasteiger charge is -2.13. The molecule has 0 bridgehead atoms. The Morgan fingerprint density at radius 3 is 2.36 bits per heavy atom. The zero-order valence-corrected chi connectivity index (χ0v) is 15.8. The summed E-state index contributed by atoms with van der Waals surface area (Å²) >= 11 is 0. The van der Waals surface area contributed by atoms with E-state index < -0.39 is 5.91 Å². The molecule has 0 unspecified atom stereocenters. The highest BCUT2D eigenvalue weighted by molar-refractivity contribution is 6.10. The normalized spacial score (nSPS) is 11.0. The fourth-order valence-electron chi connectivity index (χ4n) is 2.59. The van der Waals surface area contributed by atoms with Crippen LogP contribution in [0.4, 0.5) is 5.69 Å². The van der Waals surface area contributed by atoms with Gasteiger partial charge in [-0.15, -0.1) is 0 Å². The highest BCUT2D eigenvalue weighted by atomic mass is 16.2. The zero-order chi connectivity index (χ0) is 19.9. The van der Waals surface area contributed by atoms with Gasteiger partial charge in [-0.25, -0.2) is 0 Å². The Bertz CT molecular complexity index is 1010. The van der Waals surface area contributed by atoms with E-state index >= 15 is 0 Å². The number of hydrogen-bond donors (Lipinski definition) is 2. The van der Waals surface area contributed by atoms with Gasteiger partial charge in [0, 0.05) is 23.6 Å². The summed E-state index contributed by atoms with van der Waals surface area (Å²) in [5, 5.41) is 5.58. The third-order valence-corrected chi connectivity index (χ3v) is 4.20. The Balaban J connectivity index is 1.87. The van der Waals surface area contributed by atoms with E-state index in [1.807, 2.05) is 56.3 Å². The lowest BCUT2D eigenvalue weighted by atomic mass is 10.1. The number of aryl methyl sites for hydroxylation is 2. The van der Waals surface area contributed by atoms with Gasteiger partial charge in [-0.3, -0.25) is 14.6 Å². The fourth-order valence-corrected chi connectivity index (χ4v) is 2.59. The molecule has 0 fully saturated rings. The topological polar surface area (TPSA) is 71.1 Å². The molecule has 0 spiro atoms. The smallest absolute Gasteiger partial charge is 0.272 e. The summed E-state index contributed by atoms with van der Waals surface area (Å²) < 4.78 is 0. The second-order valence-corrected chi connectivity index (χ2v) is 6.43. The first kappa shape index (κ1) is 19.0. The first-order valence-electron chi connectivity index (χ1n) is 8.89. The number of benzene rings is 2. The molecule has 3 aromatic rings. The van der Waals surface area contributed by atoms with Gasteiger partial charge in [0.15, 0.2) is 0 Å². The molecule has 0 atom stereocenters. The Kier molecular flexibility index (Phi) is 5.97. The van der Waals surface area contributed by atoms with E-state index in [1.54, 1.807) is 36.7 Å². The van der Waals surface area contributed by atoms with Gasteiger partial charge in [0.05, 0.1) is 0 Å². The lowest BCUT2D eigenvalue weighted by Crippen LogP contribution is -2.30. The predicted molar refractivity (Wildman–Crippen MR) is 111 cm³/mol. The average Bonchev–Trinajstić information content (AvgIpc) is 2.70. The van der Waals surface area contributed by atoms with Crippen molar-refractivity contribution in [2.45, 2.75) is 13.8 Å². The van der Waals surface area contributed by atoms with Crippen LogP contribution in [0.5, 0.6) is 0 Å². The number of nitrogens with zero attached hydrogens (tertiary/aromatic N) is 1. The number of nitrogens with one attached hydrogen (secondary N) is 2. The standard InChI is InChI=1S/C23H21N3O2/c1-16-9-11-19(12-10-16)22(27)26-21(14-18-7-5-13-24-15-18)23(28)25-20-8-4-3-6-17(20)2/h3-15H,1-2H3,(H,25,28)(H,26,27)/b21-14+. The van der Waals surface area contributed by atoms with Crippen LogP contribution in [0.25, 0.3) is 6.08 Å². The van der Waals surface area contributed by atoms with E-state index in [1.165, 1.54) is 0 Å². The van der Waals surface area contributed by atoms with Crippen LogP contribution < -0.4 is 10.6 Å². The molecule has 140 valence electrons. The van der Waals surface area contributed by atoms with Gasteiger partial charge in [-0.05, 0) is 55.3 Å². The number of carbonyl (C=O) groups is 2. The van der Waals surface area contributed by atoms with Gasteiger partial charge < -0.3 is 10.6 Å². The van der Waals surface area contributed by atoms with Crippen LogP contribution >= 0.6 is 0 Å². The Hall–Kier alpha value is -3.73. The van der Waals surface area contributed by atoms with Crippen molar-refractivity contribution in [3.05, 3.63) is 101 Å². The van der Waals surface area contributed by atoms with Gasteiger partial charge in [0.25, 0.3) is 11.8 Å². The minimum atomic E-state index is -0.404. The van der Waals surface area contributed by atoms with Crippen molar-refractivity contribution in [1.82, 2.24) is 10.3 Å². The van der Waals surface area contributed by atoms with Crippen molar-refractivity contribution in [3.63, 3.8) is 0 Å². The number of hydrogen-bond acceptors (Lipinski definition) is 3. The largest absolute Gasteiger partial charge is 0.320 e. The molecular formula is C23H21N3O2. The van der Waals surface area contributed by atoms with E-state index in [9.17, 15) is 9.59 Å². The first-order chi connectivity index (χ1) is 13.5. The van der Waals surface area contributed by atoms with E-state index in [0.29, 0.717) is 16.8 Å². The Morgan fingerprint density at radius 2 is 1.68 bits per heavy atom. The van der Waals surface area contributed by atoms with Crippen LogP contribution in [-0.4, -0.2) is 16.8 Å². The molecule has 2 aromatic carbocycles. The van der Waals surface area contributed by atoms with Crippen LogP contribution in [0, 0.1) is 13.8 Å². The highest BCUT2D eigenvalue weighted by Crippen LogP contribution is 2.15. The maximum Gasteiger partial charge on any atom is 0.272 e. The number of pyridine rings is 1. The first-order valence-corrected chi connectivity index (χ1v) is 8.89. The van der Waals surface area contributed by atoms with Crippen LogP contribution in [-0.2, 0) is 4.79 Å². The molecule has 2 amide bonds. The van der Waals surface area contributed by atoms with E-state index in [0.717, 1.165) is 11.1 Å². The number of rotatable bonds is 5. The Morgan fingerprint density at radius 1 is 0.929 bits per heavy atom. The summed E-state index contributed by atoms with van der Waals surface area (Å²) in [5.41, 5.74) is 4.01. The van der Waals surface area contributed by atoms with Gasteiger partial charge >= 0.3 is 0 Å². The van der Waals surface area contributed by atoms with Crippen molar-refractivity contribution < 1.29 is 9.59 Å². The molecule has 2 N–H and O–H groups in total. The summed E-state index contributed by atoms with van der Waals surface area (Å²) in [4.78, 5) is 29.6. The molecule has 3 rings (SSSR count). The van der Waals surface area contributed by atoms with Crippen LogP contribution in [0.3, 0.4) is 0 Å². The van der Waals surface area contributed by atoms with Crippen molar-refractivity contribution in [2.75, 3.05) is 5.32 Å². The molecule has 0 saturated heterocycles. The molecule has 0 aliphatic carbocycles. The number of amides is 2. The van der Waals surface area contributed by atoms with Crippen molar-refractivity contribution in [1.29, 1.82) is 0 Å². The fraction of sp³-hybridized carbons (Fsp3) is 0.0870. The molecule has 5 nitrogen and oxygen atoms in total. The lowest BCUT2D eigenvalue weighted by molar-refractivity contribution is -0.113. The molecule has 0 aliphatic rings. The monoisotopic (exact) mass is 371 g/mol. The third kappa shape index (κ3) is 4.92. The quantitative estimate of drug-likeness (QED) is 0.663. The van der Waals surface area contributed by atoms with Crippen molar-refractivity contribution in [3.8, 4) is 0 Å². The van der Waals surface area contributed by atoms with Crippen molar-refractivity contribution in [2.24, 2.45) is 0 Å². The minimum absolute atomic E-state index is 0.141. The molecular weight excluding hydrogens is 350 g/mol. The van der Waals surface area contributed by atoms with Crippen LogP contribution in [0.1, 0.15) is 27.0 Å². The molecule has 0 saturated carbocycles. The third-order valence-electron chi connectivity index (χ3n) is 4.20. The SMILES string of the molecule is Cc1ccc(C(=O)N/C(=C/c2cccnc2)C(=O)Nc2ccccc2C)cc1. The molecule has 5 heteroatoms. The molecule has 0 aliphatic heterocycles. The molecule has 1 heterocycles. The minimum Gasteiger partial charge on any atom is -0.320 e. The second kappa shape index (κ2) is 8.77. The number of aromatic nitrogens is 1. The number of para-hydroxylation sites is 1. The number of carbonyl (C=O) groups excluding carboxylic acids is 2. The summed E-state index contributed by atoms with van der Waals surface area (Å²) in [7, 11) is 0.